The third-order valence-electron chi connectivity index (χ3n) is 2.66. The first-order valence-electron chi connectivity index (χ1n) is 5.20. The molecule has 0 aliphatic rings. The molecule has 2 N–H and O–H groups in total. The molecule has 0 fully saturated rings. The van der Waals surface area contributed by atoms with Crippen LogP contribution in [0.2, 0.25) is 5.02 Å². The number of halogens is 2. The van der Waals surface area contributed by atoms with Crippen molar-refractivity contribution in [3.8, 4) is 0 Å². The predicted octanol–water partition coefficient (Wildman–Crippen LogP) is 3.85. The highest BCUT2D eigenvalue weighted by Gasteiger charge is 2.12. The van der Waals surface area contributed by atoms with E-state index in [1.165, 1.54) is 0 Å². The Kier molecular flexibility index (Phi) is 3.82. The maximum Gasteiger partial charge on any atom is 0.0570 e. The molecule has 0 spiro atoms. The van der Waals surface area contributed by atoms with E-state index >= 15 is 0 Å². The van der Waals surface area contributed by atoms with Crippen molar-refractivity contribution in [3.63, 3.8) is 0 Å². The lowest BCUT2D eigenvalue weighted by molar-refractivity contribution is 0.852. The van der Waals surface area contributed by atoms with Crippen LogP contribution >= 0.6 is 27.5 Å². The summed E-state index contributed by atoms with van der Waals surface area (Å²) in [5.74, 6) is 0. The molecule has 0 aliphatic heterocycles. The third-order valence-corrected chi connectivity index (χ3v) is 3.33. The molecule has 1 aromatic carbocycles. The lowest BCUT2D eigenvalue weighted by Crippen LogP contribution is -2.13. The maximum absolute atomic E-state index is 6.24. The van der Waals surface area contributed by atoms with Gasteiger partial charge in [0.25, 0.3) is 0 Å². The van der Waals surface area contributed by atoms with Crippen molar-refractivity contribution in [1.82, 2.24) is 4.98 Å². The summed E-state index contributed by atoms with van der Waals surface area (Å²) in [7, 11) is 0. The Labute approximate surface area is 114 Å². The van der Waals surface area contributed by atoms with Gasteiger partial charge in [0.05, 0.1) is 6.04 Å². The van der Waals surface area contributed by atoms with Crippen LogP contribution in [-0.4, -0.2) is 4.98 Å². The summed E-state index contributed by atoms with van der Waals surface area (Å²) < 4.78 is 0.928. The number of aryl methyl sites for hydroxylation is 1. The zero-order chi connectivity index (χ0) is 12.4. The van der Waals surface area contributed by atoms with Crippen LogP contribution in [0, 0.1) is 6.92 Å². The monoisotopic (exact) mass is 310 g/mol. The molecule has 2 rings (SSSR count). The number of hydrogen-bond donors (Lipinski definition) is 1. The van der Waals surface area contributed by atoms with E-state index in [0.29, 0.717) is 5.02 Å². The van der Waals surface area contributed by atoms with Crippen LogP contribution in [0.4, 0.5) is 0 Å². The molecule has 1 unspecified atom stereocenters. The molecule has 0 radical (unpaired) electrons. The first kappa shape index (κ1) is 12.6. The van der Waals surface area contributed by atoms with E-state index in [2.05, 4.69) is 20.9 Å². The quantitative estimate of drug-likeness (QED) is 0.915. The SMILES string of the molecule is Cc1ccncc1C(N)c1cc(Cl)cc(Br)c1. The van der Waals surface area contributed by atoms with Crippen molar-refractivity contribution in [2.75, 3.05) is 0 Å². The summed E-state index contributed by atoms with van der Waals surface area (Å²) in [6, 6.07) is 7.44. The first-order chi connectivity index (χ1) is 8.08. The van der Waals surface area contributed by atoms with Crippen LogP contribution in [0.1, 0.15) is 22.7 Å². The topological polar surface area (TPSA) is 38.9 Å². The van der Waals surface area contributed by atoms with E-state index < -0.39 is 0 Å². The molecule has 88 valence electrons. The fourth-order valence-corrected chi connectivity index (χ4v) is 2.62. The van der Waals surface area contributed by atoms with Gasteiger partial charge in [-0.25, -0.2) is 0 Å². The molecule has 2 nitrogen and oxygen atoms in total. The first-order valence-corrected chi connectivity index (χ1v) is 6.37. The van der Waals surface area contributed by atoms with Crippen LogP contribution in [0.15, 0.2) is 41.1 Å². The van der Waals surface area contributed by atoms with Gasteiger partial charge >= 0.3 is 0 Å². The van der Waals surface area contributed by atoms with Gasteiger partial charge in [-0.15, -0.1) is 0 Å². The largest absolute Gasteiger partial charge is 0.320 e. The average Bonchev–Trinajstić information content (AvgIpc) is 2.27. The number of nitrogens with two attached hydrogens (primary N) is 1. The highest BCUT2D eigenvalue weighted by Crippen LogP contribution is 2.27. The molecule has 2 aromatic rings. The average molecular weight is 312 g/mol. The van der Waals surface area contributed by atoms with Crippen molar-refractivity contribution in [3.05, 3.63) is 62.8 Å². The molecule has 0 saturated heterocycles. The minimum atomic E-state index is -0.210. The zero-order valence-electron chi connectivity index (χ0n) is 9.32. The van der Waals surface area contributed by atoms with Gasteiger partial charge in [0, 0.05) is 21.9 Å². The van der Waals surface area contributed by atoms with E-state index in [-0.39, 0.29) is 6.04 Å². The lowest BCUT2D eigenvalue weighted by Gasteiger charge is -2.15. The normalized spacial score (nSPS) is 12.5. The molecule has 0 amide bonds. The van der Waals surface area contributed by atoms with E-state index in [4.69, 9.17) is 17.3 Å². The molecular weight excluding hydrogens is 300 g/mol. The van der Waals surface area contributed by atoms with Crippen molar-refractivity contribution >= 4 is 27.5 Å². The smallest absolute Gasteiger partial charge is 0.0570 e. The molecular formula is C13H12BrClN2. The van der Waals surface area contributed by atoms with Crippen molar-refractivity contribution in [2.45, 2.75) is 13.0 Å². The fourth-order valence-electron chi connectivity index (χ4n) is 1.74. The highest BCUT2D eigenvalue weighted by molar-refractivity contribution is 9.10. The van der Waals surface area contributed by atoms with Gasteiger partial charge in [0.15, 0.2) is 0 Å². The fraction of sp³-hybridized carbons (Fsp3) is 0.154. The van der Waals surface area contributed by atoms with Crippen LogP contribution in [0.5, 0.6) is 0 Å². The van der Waals surface area contributed by atoms with Gasteiger partial charge in [-0.05, 0) is 47.9 Å². The molecule has 0 bridgehead atoms. The number of rotatable bonds is 2. The van der Waals surface area contributed by atoms with E-state index in [1.807, 2.05) is 31.2 Å². The Hall–Kier alpha value is -0.900. The van der Waals surface area contributed by atoms with E-state index in [9.17, 15) is 0 Å². The van der Waals surface area contributed by atoms with Crippen LogP contribution in [-0.2, 0) is 0 Å². The number of aromatic nitrogens is 1. The van der Waals surface area contributed by atoms with Crippen LogP contribution in [0.25, 0.3) is 0 Å². The van der Waals surface area contributed by atoms with Gasteiger partial charge in [0.2, 0.25) is 0 Å². The molecule has 1 aromatic heterocycles. The van der Waals surface area contributed by atoms with Gasteiger partial charge in [-0.3, -0.25) is 4.98 Å². The van der Waals surface area contributed by atoms with E-state index in [1.54, 1.807) is 12.4 Å². The molecule has 0 aliphatic carbocycles. The summed E-state index contributed by atoms with van der Waals surface area (Å²) in [6.45, 7) is 2.02. The summed E-state index contributed by atoms with van der Waals surface area (Å²) in [5.41, 5.74) is 9.35. The van der Waals surface area contributed by atoms with Crippen molar-refractivity contribution in [2.24, 2.45) is 5.73 Å². The zero-order valence-corrected chi connectivity index (χ0v) is 11.7. The summed E-state index contributed by atoms with van der Waals surface area (Å²) in [5, 5.41) is 0.673. The van der Waals surface area contributed by atoms with Gasteiger partial charge in [-0.2, -0.15) is 0 Å². The van der Waals surface area contributed by atoms with Crippen LogP contribution < -0.4 is 5.73 Å². The second kappa shape index (κ2) is 5.17. The molecule has 1 atom stereocenters. The number of pyridine rings is 1. The molecule has 0 saturated carbocycles. The van der Waals surface area contributed by atoms with Gasteiger partial charge in [-0.1, -0.05) is 27.5 Å². The van der Waals surface area contributed by atoms with Crippen molar-refractivity contribution in [1.29, 1.82) is 0 Å². The summed E-state index contributed by atoms with van der Waals surface area (Å²) in [4.78, 5) is 4.11. The maximum atomic E-state index is 6.24. The Morgan fingerprint density at radius 3 is 2.76 bits per heavy atom. The van der Waals surface area contributed by atoms with Crippen molar-refractivity contribution < 1.29 is 0 Å². The van der Waals surface area contributed by atoms with Gasteiger partial charge in [0.1, 0.15) is 0 Å². The summed E-state index contributed by atoms with van der Waals surface area (Å²) in [6.07, 6.45) is 3.56. The summed E-state index contributed by atoms with van der Waals surface area (Å²) >= 11 is 9.44. The molecule has 4 heteroatoms. The molecule has 1 heterocycles. The predicted molar refractivity (Wildman–Crippen MR) is 74.2 cm³/mol. The third kappa shape index (κ3) is 2.86. The number of nitrogens with zero attached hydrogens (tertiary/aromatic N) is 1. The Bertz CT molecular complexity index is 522. The Balaban J connectivity index is 2.43. The van der Waals surface area contributed by atoms with Crippen LogP contribution in [0.3, 0.4) is 0 Å². The van der Waals surface area contributed by atoms with E-state index in [0.717, 1.165) is 21.2 Å². The Morgan fingerprint density at radius 1 is 1.35 bits per heavy atom. The number of benzene rings is 1. The Morgan fingerprint density at radius 2 is 2.12 bits per heavy atom. The van der Waals surface area contributed by atoms with Gasteiger partial charge < -0.3 is 5.73 Å². The second-order valence-corrected chi connectivity index (χ2v) is 5.26. The second-order valence-electron chi connectivity index (χ2n) is 3.91. The lowest BCUT2D eigenvalue weighted by atomic mass is 9.98. The highest BCUT2D eigenvalue weighted by atomic mass is 79.9. The molecule has 17 heavy (non-hydrogen) atoms. The standard InChI is InChI=1S/C13H12BrClN2/c1-8-2-3-17-7-12(8)13(16)9-4-10(14)6-11(15)5-9/h2-7,13H,16H2,1H3. The number of hydrogen-bond acceptors (Lipinski definition) is 2. The minimum Gasteiger partial charge on any atom is -0.320 e. The minimum absolute atomic E-state index is 0.210.